The maximum Gasteiger partial charge on any atom is 0.0861 e. The fraction of sp³-hybridized carbons (Fsp3) is 0.148. The summed E-state index contributed by atoms with van der Waals surface area (Å²) >= 11 is 0. The molecule has 0 saturated heterocycles. The Labute approximate surface area is 183 Å². The molecule has 154 valence electrons. The van der Waals surface area contributed by atoms with Gasteiger partial charge in [0.05, 0.1) is 22.8 Å². The number of nitrogens with zero attached hydrogens (tertiary/aromatic N) is 2. The van der Waals surface area contributed by atoms with Crippen LogP contribution in [0.4, 0.5) is 0 Å². The van der Waals surface area contributed by atoms with Gasteiger partial charge < -0.3 is 16.0 Å². The fourth-order valence-electron chi connectivity index (χ4n) is 4.37. The van der Waals surface area contributed by atoms with E-state index in [0.717, 1.165) is 64.2 Å². The highest BCUT2D eigenvalue weighted by Crippen LogP contribution is 2.38. The van der Waals surface area contributed by atoms with Crippen LogP contribution in [0.15, 0.2) is 97.0 Å². The van der Waals surface area contributed by atoms with E-state index in [4.69, 9.17) is 5.73 Å². The zero-order valence-electron chi connectivity index (χ0n) is 17.6. The highest BCUT2D eigenvalue weighted by molar-refractivity contribution is 5.84. The molecule has 3 N–H and O–H groups in total. The second-order valence-corrected chi connectivity index (χ2v) is 8.24. The van der Waals surface area contributed by atoms with Gasteiger partial charge in [0.15, 0.2) is 0 Å². The summed E-state index contributed by atoms with van der Waals surface area (Å²) in [5, 5.41) is 5.73. The summed E-state index contributed by atoms with van der Waals surface area (Å²) in [6, 6.07) is 17.0. The molecule has 2 heterocycles. The highest BCUT2D eigenvalue weighted by Gasteiger charge is 2.30. The Morgan fingerprint density at radius 1 is 1.03 bits per heavy atom. The summed E-state index contributed by atoms with van der Waals surface area (Å²) in [7, 11) is 0. The molecule has 2 aromatic carbocycles. The van der Waals surface area contributed by atoms with Crippen LogP contribution in [0.5, 0.6) is 0 Å². The van der Waals surface area contributed by atoms with Crippen molar-refractivity contribution in [1.29, 1.82) is 0 Å². The molecule has 4 heteroatoms. The summed E-state index contributed by atoms with van der Waals surface area (Å²) in [6.45, 7) is 14.8. The molecule has 2 aliphatic rings. The molecule has 4 nitrogen and oxygen atoms in total. The van der Waals surface area contributed by atoms with Gasteiger partial charge in [0, 0.05) is 42.4 Å². The smallest absolute Gasteiger partial charge is 0.0861 e. The Hall–Kier alpha value is -3.79. The number of benzene rings is 2. The standard InChI is InChI=1S/C27H26N4/c1-17-18(2)27(26(17)28)31-11-10-21-9-8-20(12-24(21)16-31)14-29-19(3)25-13-22-6-4-5-7-23(22)15-30-25/h4-9,12-13,15,29H,1-3,10-11,14,16,28H2. The first-order valence-electron chi connectivity index (χ1n) is 10.5. The minimum atomic E-state index is 0.703. The lowest BCUT2D eigenvalue weighted by Gasteiger charge is -2.39. The largest absolute Gasteiger partial charge is 0.397 e. The van der Waals surface area contributed by atoms with Crippen LogP contribution >= 0.6 is 0 Å². The van der Waals surface area contributed by atoms with E-state index in [-0.39, 0.29) is 0 Å². The van der Waals surface area contributed by atoms with Gasteiger partial charge in [-0.25, -0.2) is 0 Å². The molecule has 0 unspecified atom stereocenters. The summed E-state index contributed by atoms with van der Waals surface area (Å²) in [5.41, 5.74) is 15.5. The third kappa shape index (κ3) is 3.40. The number of aromatic nitrogens is 1. The summed E-state index contributed by atoms with van der Waals surface area (Å²) in [6.07, 6.45) is 2.90. The predicted molar refractivity (Wildman–Crippen MR) is 128 cm³/mol. The molecule has 5 rings (SSSR count). The maximum absolute atomic E-state index is 6.16. The van der Waals surface area contributed by atoms with Crippen LogP contribution < -0.4 is 11.1 Å². The molecule has 0 atom stereocenters. The van der Waals surface area contributed by atoms with Gasteiger partial charge >= 0.3 is 0 Å². The molecule has 1 aromatic heterocycles. The van der Waals surface area contributed by atoms with Gasteiger partial charge in [-0.15, -0.1) is 0 Å². The quantitative estimate of drug-likeness (QED) is 0.648. The van der Waals surface area contributed by atoms with Gasteiger partial charge in [-0.3, -0.25) is 4.98 Å². The molecule has 31 heavy (non-hydrogen) atoms. The molecule has 0 bridgehead atoms. The number of nitrogens with one attached hydrogen (secondary N) is 1. The van der Waals surface area contributed by atoms with Gasteiger partial charge in [0.2, 0.25) is 0 Å². The topological polar surface area (TPSA) is 54.2 Å². The summed E-state index contributed by atoms with van der Waals surface area (Å²) in [5.74, 6) is 0. The van der Waals surface area contributed by atoms with Crippen molar-refractivity contribution in [1.82, 2.24) is 15.2 Å². The zero-order valence-corrected chi connectivity index (χ0v) is 17.6. The lowest BCUT2D eigenvalue weighted by atomic mass is 9.87. The average molecular weight is 407 g/mol. The molecule has 3 aromatic rings. The van der Waals surface area contributed by atoms with Crippen LogP contribution in [0, 0.1) is 0 Å². The monoisotopic (exact) mass is 406 g/mol. The minimum absolute atomic E-state index is 0.703. The molecular weight excluding hydrogens is 380 g/mol. The Balaban J connectivity index is 1.29. The van der Waals surface area contributed by atoms with Gasteiger partial charge in [-0.05, 0) is 34.6 Å². The number of hydrogen-bond acceptors (Lipinski definition) is 4. The Bertz CT molecular complexity index is 1280. The lowest BCUT2D eigenvalue weighted by molar-refractivity contribution is 0.320. The molecule has 0 fully saturated rings. The summed E-state index contributed by atoms with van der Waals surface area (Å²) in [4.78, 5) is 6.88. The first-order valence-corrected chi connectivity index (χ1v) is 10.5. The second-order valence-electron chi connectivity index (χ2n) is 8.24. The van der Waals surface area contributed by atoms with Crippen LogP contribution in [0.2, 0.25) is 0 Å². The minimum Gasteiger partial charge on any atom is -0.397 e. The third-order valence-corrected chi connectivity index (χ3v) is 6.28. The Morgan fingerprint density at radius 2 is 1.84 bits per heavy atom. The van der Waals surface area contributed by atoms with Crippen molar-refractivity contribution >= 4 is 16.5 Å². The van der Waals surface area contributed by atoms with Crippen molar-refractivity contribution in [2.75, 3.05) is 6.54 Å². The maximum atomic E-state index is 6.16. The van der Waals surface area contributed by atoms with E-state index >= 15 is 0 Å². The average Bonchev–Trinajstić information content (AvgIpc) is 2.81. The number of rotatable bonds is 5. The van der Waals surface area contributed by atoms with Gasteiger partial charge in [-0.2, -0.15) is 0 Å². The van der Waals surface area contributed by atoms with Crippen molar-refractivity contribution in [3.63, 3.8) is 0 Å². The SMILES string of the molecule is C=C1C(=C)C(N2CCc3ccc(CNC(=C)c4cc5ccccc5cn4)cc3C2)=C1N. The van der Waals surface area contributed by atoms with Crippen molar-refractivity contribution < 1.29 is 0 Å². The number of allylic oxidation sites excluding steroid dienone is 2. The molecular formula is C27H26N4. The first kappa shape index (κ1) is 19.2. The van der Waals surface area contributed by atoms with E-state index in [1.165, 1.54) is 16.7 Å². The molecule has 0 saturated carbocycles. The van der Waals surface area contributed by atoms with Gasteiger partial charge in [-0.1, -0.05) is 62.2 Å². The van der Waals surface area contributed by atoms with Crippen LogP contribution in [-0.4, -0.2) is 16.4 Å². The van der Waals surface area contributed by atoms with Crippen LogP contribution in [0.25, 0.3) is 16.5 Å². The van der Waals surface area contributed by atoms with E-state index in [0.29, 0.717) is 6.54 Å². The van der Waals surface area contributed by atoms with Crippen LogP contribution in [0.1, 0.15) is 22.4 Å². The van der Waals surface area contributed by atoms with E-state index in [9.17, 15) is 0 Å². The van der Waals surface area contributed by atoms with E-state index < -0.39 is 0 Å². The van der Waals surface area contributed by atoms with Gasteiger partial charge in [0.25, 0.3) is 0 Å². The second kappa shape index (κ2) is 7.47. The molecule has 0 spiro atoms. The van der Waals surface area contributed by atoms with E-state index in [1.54, 1.807) is 0 Å². The third-order valence-electron chi connectivity index (χ3n) is 6.28. The molecule has 0 amide bonds. The van der Waals surface area contributed by atoms with Gasteiger partial charge in [0.1, 0.15) is 0 Å². The first-order chi connectivity index (χ1) is 15.0. The van der Waals surface area contributed by atoms with Crippen LogP contribution in [0.3, 0.4) is 0 Å². The fourth-order valence-corrected chi connectivity index (χ4v) is 4.37. The normalized spacial score (nSPS) is 15.7. The van der Waals surface area contributed by atoms with Crippen molar-refractivity contribution in [3.8, 4) is 0 Å². The number of pyridine rings is 1. The predicted octanol–water partition coefficient (Wildman–Crippen LogP) is 4.65. The summed E-state index contributed by atoms with van der Waals surface area (Å²) < 4.78 is 0. The van der Waals surface area contributed by atoms with Crippen molar-refractivity contribution in [2.24, 2.45) is 5.73 Å². The Morgan fingerprint density at radius 3 is 2.65 bits per heavy atom. The van der Waals surface area contributed by atoms with Crippen molar-refractivity contribution in [2.45, 2.75) is 19.5 Å². The number of nitrogens with two attached hydrogens (primary N) is 1. The van der Waals surface area contributed by atoms with Crippen LogP contribution in [-0.2, 0) is 19.5 Å². The van der Waals surface area contributed by atoms with E-state index in [2.05, 4.69) is 71.3 Å². The van der Waals surface area contributed by atoms with Crippen molar-refractivity contribution in [3.05, 3.63) is 119 Å². The number of hydrogen-bond donors (Lipinski definition) is 2. The highest BCUT2D eigenvalue weighted by atomic mass is 15.2. The Kier molecular flexibility index (Phi) is 4.63. The molecule has 1 aliphatic heterocycles. The van der Waals surface area contributed by atoms with E-state index in [1.807, 2.05) is 18.3 Å². The number of fused-ring (bicyclic) bond motifs is 2. The lowest BCUT2D eigenvalue weighted by Crippen LogP contribution is -2.37. The zero-order chi connectivity index (χ0) is 21.5. The molecule has 0 radical (unpaired) electrons. The molecule has 1 aliphatic carbocycles.